The molecule has 14 heavy (non-hydrogen) atoms. The third kappa shape index (κ3) is 8.51. The molecule has 0 aromatic rings. The molecule has 84 valence electrons. The zero-order valence-electron chi connectivity index (χ0n) is 10.3. The Bertz CT molecular complexity index is 134. The Labute approximate surface area is 92.5 Å². The van der Waals surface area contributed by atoms with E-state index < -0.39 is 0 Å². The van der Waals surface area contributed by atoms with E-state index in [0.29, 0.717) is 0 Å². The molecule has 0 unspecified atom stereocenters. The molecule has 0 aliphatic heterocycles. The van der Waals surface area contributed by atoms with Gasteiger partial charge in [0.15, 0.2) is 0 Å². The van der Waals surface area contributed by atoms with E-state index in [4.69, 9.17) is 0 Å². The van der Waals surface area contributed by atoms with Crippen molar-refractivity contribution in [1.29, 1.82) is 0 Å². The quantitative estimate of drug-likeness (QED) is 0.532. The van der Waals surface area contributed by atoms with Crippen molar-refractivity contribution in [2.45, 2.75) is 52.9 Å². The van der Waals surface area contributed by atoms with Gasteiger partial charge in [-0.1, -0.05) is 45.4 Å². The maximum Gasteiger partial charge on any atom is 0.119 e. The zero-order valence-corrected chi connectivity index (χ0v) is 11.7. The van der Waals surface area contributed by atoms with Gasteiger partial charge in [-0.15, -0.1) is 0 Å². The van der Waals surface area contributed by atoms with Crippen molar-refractivity contribution in [3.05, 3.63) is 11.8 Å². The summed E-state index contributed by atoms with van der Waals surface area (Å²) in [5, 5.41) is 0. The molecular formula is C12H27NSi. The van der Waals surface area contributed by atoms with E-state index in [1.165, 1.54) is 45.2 Å². The van der Waals surface area contributed by atoms with Crippen LogP contribution in [0.3, 0.4) is 0 Å². The predicted octanol–water partition coefficient (Wildman–Crippen LogP) is 2.90. The highest BCUT2D eigenvalue weighted by Gasteiger charge is 1.99. The summed E-state index contributed by atoms with van der Waals surface area (Å²) in [7, 11) is -0.0735. The molecule has 0 spiro atoms. The molecular weight excluding hydrogens is 186 g/mol. The van der Waals surface area contributed by atoms with Crippen LogP contribution >= 0.6 is 0 Å². The summed E-state index contributed by atoms with van der Waals surface area (Å²) in [5.41, 5.74) is 2.47. The third-order valence-corrected chi connectivity index (χ3v) is 4.05. The summed E-state index contributed by atoms with van der Waals surface area (Å²) >= 11 is 0. The number of allylic oxidation sites excluding steroid dienone is 1. The second-order valence-electron chi connectivity index (χ2n) is 3.91. The van der Waals surface area contributed by atoms with Crippen LogP contribution in [0, 0.1) is 0 Å². The lowest BCUT2D eigenvalue weighted by molar-refractivity contribution is 0.433. The summed E-state index contributed by atoms with van der Waals surface area (Å²) in [6.45, 7) is 9.43. The van der Waals surface area contributed by atoms with E-state index in [1.807, 2.05) is 0 Å². The van der Waals surface area contributed by atoms with Gasteiger partial charge in [-0.25, -0.2) is 0 Å². The van der Waals surface area contributed by atoms with Crippen LogP contribution < -0.4 is 0 Å². The minimum atomic E-state index is -0.0735. The highest BCUT2D eigenvalue weighted by Crippen LogP contribution is 1.96. The number of rotatable bonds is 9. The Balaban J connectivity index is 3.60. The van der Waals surface area contributed by atoms with Crippen molar-refractivity contribution < 1.29 is 0 Å². The summed E-state index contributed by atoms with van der Waals surface area (Å²) in [6.07, 6.45) is 8.93. The number of hydrogen-bond donors (Lipinski definition) is 0. The molecule has 2 heteroatoms. The average Bonchev–Trinajstić information content (AvgIpc) is 2.20. The minimum absolute atomic E-state index is 0.0735. The van der Waals surface area contributed by atoms with Crippen molar-refractivity contribution in [1.82, 2.24) is 4.57 Å². The fourth-order valence-electron chi connectivity index (χ4n) is 1.50. The fourth-order valence-corrected chi connectivity index (χ4v) is 3.09. The van der Waals surface area contributed by atoms with Gasteiger partial charge in [-0.2, -0.15) is 0 Å². The van der Waals surface area contributed by atoms with E-state index in [-0.39, 0.29) is 9.68 Å². The largest absolute Gasteiger partial charge is 0.325 e. The van der Waals surface area contributed by atoms with E-state index in [2.05, 4.69) is 37.1 Å². The molecule has 0 fully saturated rings. The highest BCUT2D eigenvalue weighted by molar-refractivity contribution is 6.38. The minimum Gasteiger partial charge on any atom is -0.325 e. The molecule has 0 radical (unpaired) electrons. The van der Waals surface area contributed by atoms with Gasteiger partial charge < -0.3 is 4.57 Å². The first-order valence-corrected chi connectivity index (χ1v) is 7.67. The van der Waals surface area contributed by atoms with Crippen molar-refractivity contribution in [3.8, 4) is 0 Å². The van der Waals surface area contributed by atoms with Gasteiger partial charge in [-0.05, 0) is 32.4 Å². The van der Waals surface area contributed by atoms with Crippen LogP contribution in [0.25, 0.3) is 0 Å². The molecule has 0 saturated heterocycles. The van der Waals surface area contributed by atoms with Crippen molar-refractivity contribution in [2.75, 3.05) is 13.1 Å². The number of unbranched alkanes of at least 4 members (excludes halogenated alkanes) is 2. The van der Waals surface area contributed by atoms with Crippen molar-refractivity contribution in [3.63, 3.8) is 0 Å². The maximum absolute atomic E-state index is 2.69. The van der Waals surface area contributed by atoms with Gasteiger partial charge in [0.05, 0.1) is 0 Å². The molecule has 0 aliphatic carbocycles. The standard InChI is InChI=1S/C12H27NSi/c1-4-7-9-12-14-13(10-6-3)11-8-5-2/h9,12H,4-8,10-11,14H2,1-3H3. The van der Waals surface area contributed by atoms with Gasteiger partial charge in [-0.3, -0.25) is 0 Å². The first-order chi connectivity index (χ1) is 6.85. The smallest absolute Gasteiger partial charge is 0.119 e. The van der Waals surface area contributed by atoms with Crippen LogP contribution in [0.5, 0.6) is 0 Å². The average molecular weight is 213 g/mol. The normalized spacial score (nSPS) is 12.6. The highest BCUT2D eigenvalue weighted by atomic mass is 28.2. The summed E-state index contributed by atoms with van der Waals surface area (Å²) in [6, 6.07) is 0. The topological polar surface area (TPSA) is 3.24 Å². The van der Waals surface area contributed by atoms with E-state index >= 15 is 0 Å². The first kappa shape index (κ1) is 13.9. The van der Waals surface area contributed by atoms with Crippen LogP contribution in [0.1, 0.15) is 52.9 Å². The van der Waals surface area contributed by atoms with Crippen LogP contribution in [0.4, 0.5) is 0 Å². The lowest BCUT2D eigenvalue weighted by Gasteiger charge is -2.19. The molecule has 0 saturated carbocycles. The summed E-state index contributed by atoms with van der Waals surface area (Å²) in [5.74, 6) is 0. The number of hydrogen-bond acceptors (Lipinski definition) is 1. The Kier molecular flexibility index (Phi) is 10.9. The van der Waals surface area contributed by atoms with Gasteiger partial charge in [0.25, 0.3) is 0 Å². The van der Waals surface area contributed by atoms with Crippen molar-refractivity contribution in [2.24, 2.45) is 0 Å². The number of nitrogens with zero attached hydrogens (tertiary/aromatic N) is 1. The Morgan fingerprint density at radius 3 is 2.36 bits per heavy atom. The van der Waals surface area contributed by atoms with Crippen LogP contribution in [0.2, 0.25) is 0 Å². The molecule has 0 amide bonds. The van der Waals surface area contributed by atoms with E-state index in [0.717, 1.165) is 0 Å². The van der Waals surface area contributed by atoms with Crippen molar-refractivity contribution >= 4 is 9.68 Å². The Hall–Kier alpha value is -0.0831. The van der Waals surface area contributed by atoms with E-state index in [9.17, 15) is 0 Å². The second-order valence-corrected chi connectivity index (χ2v) is 5.65. The molecule has 0 heterocycles. The summed E-state index contributed by atoms with van der Waals surface area (Å²) in [4.78, 5) is 0. The second kappa shape index (κ2) is 11.0. The van der Waals surface area contributed by atoms with Crippen LogP contribution in [-0.4, -0.2) is 27.3 Å². The van der Waals surface area contributed by atoms with Gasteiger partial charge >= 0.3 is 0 Å². The molecule has 0 aromatic carbocycles. The molecule has 0 aromatic heterocycles. The summed E-state index contributed by atoms with van der Waals surface area (Å²) < 4.78 is 2.69. The predicted molar refractivity (Wildman–Crippen MR) is 69.4 cm³/mol. The molecule has 1 nitrogen and oxygen atoms in total. The Morgan fingerprint density at radius 2 is 1.79 bits per heavy atom. The SMILES string of the molecule is CCCC=C[SiH2]N(CCC)CCCC. The zero-order chi connectivity index (χ0) is 10.6. The fraction of sp³-hybridized carbons (Fsp3) is 0.833. The first-order valence-electron chi connectivity index (χ1n) is 6.22. The van der Waals surface area contributed by atoms with Gasteiger partial charge in [0.2, 0.25) is 0 Å². The third-order valence-electron chi connectivity index (χ3n) is 2.35. The lowest BCUT2D eigenvalue weighted by Crippen LogP contribution is -2.28. The lowest BCUT2D eigenvalue weighted by atomic mass is 10.3. The molecule has 0 N–H and O–H groups in total. The molecule has 0 bridgehead atoms. The molecule has 0 aliphatic rings. The Morgan fingerprint density at radius 1 is 1.00 bits per heavy atom. The maximum atomic E-state index is 2.69. The molecule has 0 rings (SSSR count). The van der Waals surface area contributed by atoms with Gasteiger partial charge in [0, 0.05) is 0 Å². The molecule has 0 atom stereocenters. The van der Waals surface area contributed by atoms with Crippen LogP contribution in [-0.2, 0) is 0 Å². The van der Waals surface area contributed by atoms with Gasteiger partial charge in [0.1, 0.15) is 9.68 Å². The van der Waals surface area contributed by atoms with Crippen LogP contribution in [0.15, 0.2) is 11.8 Å². The monoisotopic (exact) mass is 213 g/mol. The van der Waals surface area contributed by atoms with E-state index in [1.54, 1.807) is 0 Å².